The summed E-state index contributed by atoms with van der Waals surface area (Å²) < 4.78 is 0. The number of fused-ring (bicyclic) bond motifs is 2. The van der Waals surface area contributed by atoms with Gasteiger partial charge in [-0.3, -0.25) is 0 Å². The summed E-state index contributed by atoms with van der Waals surface area (Å²) in [5.74, 6) is 1.13. The van der Waals surface area contributed by atoms with Gasteiger partial charge < -0.3 is 0 Å². The molecule has 0 bridgehead atoms. The number of hydrogen-bond acceptors (Lipinski definition) is 4. The van der Waals surface area contributed by atoms with Gasteiger partial charge in [0.05, 0.1) is 24.2 Å². The monoisotopic (exact) mass is 288 g/mol. The molecule has 0 N–H and O–H groups in total. The highest BCUT2D eigenvalue weighted by Crippen LogP contribution is 2.27. The zero-order chi connectivity index (χ0) is 14.8. The summed E-state index contributed by atoms with van der Waals surface area (Å²) >= 11 is 0. The summed E-state index contributed by atoms with van der Waals surface area (Å²) in [6, 6.07) is 0. The molecule has 6 nitrogen and oxygen atoms in total. The van der Waals surface area contributed by atoms with E-state index in [1.165, 1.54) is 0 Å². The molecule has 2 aliphatic carbocycles. The highest BCUT2D eigenvalue weighted by Gasteiger charge is 2.23. The average molecular weight is 288 g/mol. The van der Waals surface area contributed by atoms with Gasteiger partial charge in [0, 0.05) is 0 Å². The highest BCUT2D eigenvalue weighted by molar-refractivity contribution is 5.94. The van der Waals surface area contributed by atoms with Crippen molar-refractivity contribution in [1.29, 1.82) is 0 Å². The van der Waals surface area contributed by atoms with E-state index in [4.69, 9.17) is 0 Å². The Morgan fingerprint density at radius 2 is 1.18 bits per heavy atom. The summed E-state index contributed by atoms with van der Waals surface area (Å²) in [6.45, 7) is 0. The van der Waals surface area contributed by atoms with Crippen LogP contribution in [0.4, 0.5) is 0 Å². The van der Waals surface area contributed by atoms with Crippen LogP contribution in [0, 0.1) is 11.8 Å². The third-order valence-corrected chi connectivity index (χ3v) is 3.67. The van der Waals surface area contributed by atoms with Gasteiger partial charge in [-0.25, -0.2) is 0 Å². The van der Waals surface area contributed by atoms with Crippen LogP contribution in [0.5, 0.6) is 0 Å². The van der Waals surface area contributed by atoms with Crippen molar-refractivity contribution in [3.05, 3.63) is 72.2 Å². The fraction of sp³-hybridized carbons (Fsp3) is 0.125. The molecule has 2 atom stereocenters. The SMILES string of the molecule is C1=CC2=CN=N/C(=N\N=C3/N=NC=C4C=CC=CC43)C2C=C1. The molecule has 106 valence electrons. The molecule has 6 heteroatoms. The maximum Gasteiger partial charge on any atom is 0.184 e. The molecule has 0 spiro atoms. The molecule has 2 unspecified atom stereocenters. The summed E-state index contributed by atoms with van der Waals surface area (Å²) in [6.07, 6.45) is 19.4. The van der Waals surface area contributed by atoms with Crippen molar-refractivity contribution in [3.63, 3.8) is 0 Å². The van der Waals surface area contributed by atoms with Crippen molar-refractivity contribution in [2.75, 3.05) is 0 Å². The predicted octanol–water partition coefficient (Wildman–Crippen LogP) is 3.88. The minimum atomic E-state index is 0.00388. The molecule has 0 fully saturated rings. The Morgan fingerprint density at radius 3 is 1.68 bits per heavy atom. The molecule has 0 aromatic rings. The standard InChI is InChI=1S/C16H12N6/c1-3-7-13-11(5-1)9-17-19-15(13)21-22-16-14-8-4-2-6-12(14)10-18-20-16/h1-10,13-14H/b21-15-,22-16-. The fourth-order valence-corrected chi connectivity index (χ4v) is 2.53. The molecular weight excluding hydrogens is 276 g/mol. The molecule has 4 aliphatic rings. The third-order valence-electron chi connectivity index (χ3n) is 3.67. The van der Waals surface area contributed by atoms with Crippen LogP contribution in [-0.4, -0.2) is 11.7 Å². The van der Waals surface area contributed by atoms with Gasteiger partial charge >= 0.3 is 0 Å². The normalized spacial score (nSPS) is 31.3. The lowest BCUT2D eigenvalue weighted by Gasteiger charge is -2.18. The van der Waals surface area contributed by atoms with Crippen molar-refractivity contribution < 1.29 is 0 Å². The Balaban J connectivity index is 1.64. The first-order valence-electron chi connectivity index (χ1n) is 6.99. The van der Waals surface area contributed by atoms with Gasteiger partial charge in [0.2, 0.25) is 0 Å². The largest absolute Gasteiger partial charge is 0.184 e. The number of nitrogens with zero attached hydrogens (tertiary/aromatic N) is 6. The van der Waals surface area contributed by atoms with Crippen LogP contribution in [0.1, 0.15) is 0 Å². The Morgan fingerprint density at radius 1 is 0.682 bits per heavy atom. The lowest BCUT2D eigenvalue weighted by molar-refractivity contribution is 0.918. The number of rotatable bonds is 1. The summed E-state index contributed by atoms with van der Waals surface area (Å²) in [5, 5.41) is 24.7. The van der Waals surface area contributed by atoms with E-state index < -0.39 is 0 Å². The van der Waals surface area contributed by atoms with E-state index in [1.807, 2.05) is 48.6 Å². The molecule has 22 heavy (non-hydrogen) atoms. The third kappa shape index (κ3) is 2.24. The first-order valence-corrected chi connectivity index (χ1v) is 6.99. The molecule has 2 aliphatic heterocycles. The Labute approximate surface area is 127 Å². The van der Waals surface area contributed by atoms with E-state index in [0.29, 0.717) is 11.7 Å². The van der Waals surface area contributed by atoms with E-state index in [1.54, 1.807) is 12.4 Å². The van der Waals surface area contributed by atoms with Crippen LogP contribution >= 0.6 is 0 Å². The average Bonchev–Trinajstić information content (AvgIpc) is 2.60. The summed E-state index contributed by atoms with van der Waals surface area (Å²) in [7, 11) is 0. The van der Waals surface area contributed by atoms with Crippen LogP contribution in [-0.2, 0) is 0 Å². The highest BCUT2D eigenvalue weighted by atomic mass is 15.3. The van der Waals surface area contributed by atoms with Crippen LogP contribution in [0.2, 0.25) is 0 Å². The van der Waals surface area contributed by atoms with E-state index >= 15 is 0 Å². The minimum Gasteiger partial charge on any atom is -0.157 e. The molecule has 0 aromatic carbocycles. The van der Waals surface area contributed by atoms with E-state index in [-0.39, 0.29) is 11.8 Å². The lowest BCUT2D eigenvalue weighted by Crippen LogP contribution is -2.17. The van der Waals surface area contributed by atoms with Crippen molar-refractivity contribution in [2.24, 2.45) is 42.5 Å². The van der Waals surface area contributed by atoms with Gasteiger partial charge in [0.1, 0.15) is 0 Å². The zero-order valence-electron chi connectivity index (χ0n) is 11.6. The fourth-order valence-electron chi connectivity index (χ4n) is 2.53. The quantitative estimate of drug-likeness (QED) is 0.657. The molecule has 0 saturated carbocycles. The second kappa shape index (κ2) is 5.40. The molecule has 2 heterocycles. The van der Waals surface area contributed by atoms with Crippen LogP contribution in [0.3, 0.4) is 0 Å². The number of hydrogen-bond donors (Lipinski definition) is 0. The van der Waals surface area contributed by atoms with Crippen molar-refractivity contribution in [1.82, 2.24) is 0 Å². The van der Waals surface area contributed by atoms with Gasteiger partial charge in [0.25, 0.3) is 0 Å². The maximum atomic E-state index is 4.26. The minimum absolute atomic E-state index is 0.00388. The lowest BCUT2D eigenvalue weighted by atomic mass is 9.93. The van der Waals surface area contributed by atoms with Crippen molar-refractivity contribution in [3.8, 4) is 0 Å². The van der Waals surface area contributed by atoms with Crippen LogP contribution in [0.15, 0.2) is 103 Å². The molecule has 4 rings (SSSR count). The maximum absolute atomic E-state index is 4.26. The second-order valence-corrected chi connectivity index (χ2v) is 5.05. The smallest absolute Gasteiger partial charge is 0.157 e. The van der Waals surface area contributed by atoms with Gasteiger partial charge in [-0.2, -0.15) is 10.2 Å². The molecule has 0 saturated heterocycles. The van der Waals surface area contributed by atoms with Crippen molar-refractivity contribution >= 4 is 11.7 Å². The summed E-state index contributed by atoms with van der Waals surface area (Å²) in [4.78, 5) is 0. The van der Waals surface area contributed by atoms with Gasteiger partial charge in [-0.15, -0.1) is 20.4 Å². The Hall–Kier alpha value is -3.02. The van der Waals surface area contributed by atoms with E-state index in [2.05, 4.69) is 30.7 Å². The van der Waals surface area contributed by atoms with E-state index in [9.17, 15) is 0 Å². The van der Waals surface area contributed by atoms with Gasteiger partial charge in [0.15, 0.2) is 11.7 Å². The van der Waals surface area contributed by atoms with Gasteiger partial charge in [-0.05, 0) is 11.1 Å². The first-order chi connectivity index (χ1) is 10.9. The predicted molar refractivity (Wildman–Crippen MR) is 84.3 cm³/mol. The molecule has 0 aromatic heterocycles. The Kier molecular flexibility index (Phi) is 3.12. The number of allylic oxidation sites excluding steroid dienone is 6. The zero-order valence-corrected chi connectivity index (χ0v) is 11.6. The van der Waals surface area contributed by atoms with Crippen molar-refractivity contribution in [2.45, 2.75) is 0 Å². The van der Waals surface area contributed by atoms with E-state index in [0.717, 1.165) is 11.1 Å². The van der Waals surface area contributed by atoms with Gasteiger partial charge in [-0.1, -0.05) is 48.6 Å². The second-order valence-electron chi connectivity index (χ2n) is 5.05. The van der Waals surface area contributed by atoms with Crippen LogP contribution in [0.25, 0.3) is 0 Å². The molecular formula is C16H12N6. The topological polar surface area (TPSA) is 74.2 Å². The summed E-state index contributed by atoms with van der Waals surface area (Å²) in [5.41, 5.74) is 2.12. The first kappa shape index (κ1) is 12.7. The Bertz CT molecular complexity index is 730. The van der Waals surface area contributed by atoms with Crippen LogP contribution < -0.4 is 0 Å². The molecule has 0 amide bonds. The molecule has 0 radical (unpaired) electrons. The number of amidine groups is 2. The number of azo groups is 2.